The molecule has 3 N–H and O–H groups in total. The fraction of sp³-hybridized carbons (Fsp3) is 0.600. The second-order valence-corrected chi connectivity index (χ2v) is 5.35. The lowest BCUT2D eigenvalue weighted by molar-refractivity contribution is 0.0911. The number of nitrogen functional groups attached to an aromatic ring is 1. The van der Waals surface area contributed by atoms with Crippen LogP contribution in [0, 0.1) is 5.92 Å². The number of nitrogens with one attached hydrogen (secondary N) is 1. The Balaban J connectivity index is 2.01. The molecule has 1 saturated carbocycles. The van der Waals surface area contributed by atoms with Crippen LogP contribution < -0.4 is 11.1 Å². The Hall–Kier alpha value is -1.58. The van der Waals surface area contributed by atoms with Crippen molar-refractivity contribution in [3.63, 3.8) is 0 Å². The molecule has 2 rings (SSSR count). The van der Waals surface area contributed by atoms with Crippen LogP contribution in [0.1, 0.15) is 55.8 Å². The molecule has 1 aromatic rings. The minimum Gasteiger partial charge on any atom is -0.398 e. The predicted molar refractivity (Wildman–Crippen MR) is 76.8 cm³/mol. The number of anilines is 1. The van der Waals surface area contributed by atoms with Gasteiger partial charge in [0, 0.05) is 24.1 Å². The molecule has 1 aliphatic rings. The number of nitrogens with zero attached hydrogens (tertiary/aromatic N) is 1. The average molecular weight is 261 g/mol. The van der Waals surface area contributed by atoms with E-state index in [0.717, 1.165) is 6.42 Å². The third-order valence-corrected chi connectivity index (χ3v) is 4.07. The summed E-state index contributed by atoms with van der Waals surface area (Å²) < 4.78 is 0. The molecule has 1 amide bonds. The van der Waals surface area contributed by atoms with Crippen molar-refractivity contribution in [2.75, 3.05) is 5.73 Å². The van der Waals surface area contributed by atoms with E-state index in [2.05, 4.69) is 17.2 Å². The molecular formula is C15H23N3O. The van der Waals surface area contributed by atoms with Crippen molar-refractivity contribution < 1.29 is 4.79 Å². The highest BCUT2D eigenvalue weighted by Crippen LogP contribution is 2.28. The molecular weight excluding hydrogens is 238 g/mol. The number of rotatable bonds is 4. The number of carbonyl (C=O) groups excluding carboxylic acids is 1. The van der Waals surface area contributed by atoms with Gasteiger partial charge < -0.3 is 11.1 Å². The maximum atomic E-state index is 12.2. The monoisotopic (exact) mass is 261 g/mol. The van der Waals surface area contributed by atoms with Crippen molar-refractivity contribution in [2.45, 2.75) is 51.5 Å². The molecule has 4 heteroatoms. The van der Waals surface area contributed by atoms with Crippen LogP contribution in [0.4, 0.5) is 5.69 Å². The quantitative estimate of drug-likeness (QED) is 0.875. The van der Waals surface area contributed by atoms with E-state index in [-0.39, 0.29) is 11.9 Å². The smallest absolute Gasteiger partial charge is 0.255 e. The number of nitrogens with two attached hydrogens (primary N) is 1. The molecule has 104 valence electrons. The number of amides is 1. The van der Waals surface area contributed by atoms with Crippen molar-refractivity contribution in [2.24, 2.45) is 5.92 Å². The number of aromatic nitrogens is 1. The van der Waals surface area contributed by atoms with Gasteiger partial charge in [0.2, 0.25) is 0 Å². The van der Waals surface area contributed by atoms with Crippen molar-refractivity contribution in [3.8, 4) is 0 Å². The first kappa shape index (κ1) is 13.8. The van der Waals surface area contributed by atoms with Crippen molar-refractivity contribution in [1.29, 1.82) is 0 Å². The van der Waals surface area contributed by atoms with Gasteiger partial charge in [-0.05, 0) is 31.2 Å². The topological polar surface area (TPSA) is 68.0 Å². The molecule has 1 aliphatic carbocycles. The highest BCUT2D eigenvalue weighted by Gasteiger charge is 2.24. The third-order valence-electron chi connectivity index (χ3n) is 4.07. The van der Waals surface area contributed by atoms with E-state index in [1.165, 1.54) is 38.3 Å². The summed E-state index contributed by atoms with van der Waals surface area (Å²) in [5.74, 6) is 0.517. The van der Waals surface area contributed by atoms with Crippen LogP contribution in [0.3, 0.4) is 0 Å². The lowest BCUT2D eigenvalue weighted by Gasteiger charge is -2.30. The van der Waals surface area contributed by atoms with E-state index in [4.69, 9.17) is 5.73 Å². The maximum absolute atomic E-state index is 12.2. The Labute approximate surface area is 114 Å². The van der Waals surface area contributed by atoms with Gasteiger partial charge in [-0.25, -0.2) is 0 Å². The van der Waals surface area contributed by atoms with Crippen LogP contribution in [0.2, 0.25) is 0 Å². The number of carbonyl (C=O) groups is 1. The molecule has 0 aliphatic heterocycles. The summed E-state index contributed by atoms with van der Waals surface area (Å²) in [4.78, 5) is 16.2. The summed E-state index contributed by atoms with van der Waals surface area (Å²) in [6, 6.07) is 1.92. The van der Waals surface area contributed by atoms with Crippen molar-refractivity contribution in [3.05, 3.63) is 24.0 Å². The highest BCUT2D eigenvalue weighted by atomic mass is 16.1. The molecule has 19 heavy (non-hydrogen) atoms. The summed E-state index contributed by atoms with van der Waals surface area (Å²) in [5.41, 5.74) is 6.79. The Morgan fingerprint density at radius 2 is 2.21 bits per heavy atom. The van der Waals surface area contributed by atoms with E-state index in [1.807, 2.05) is 0 Å². The first-order valence-corrected chi connectivity index (χ1v) is 7.22. The van der Waals surface area contributed by atoms with Gasteiger partial charge in [0.1, 0.15) is 0 Å². The molecule has 0 radical (unpaired) electrons. The summed E-state index contributed by atoms with van der Waals surface area (Å²) in [5, 5.41) is 3.13. The van der Waals surface area contributed by atoms with E-state index < -0.39 is 0 Å². The predicted octanol–water partition coefficient (Wildman–Crippen LogP) is 2.75. The van der Waals surface area contributed by atoms with Gasteiger partial charge in [0.05, 0.1) is 5.56 Å². The van der Waals surface area contributed by atoms with Gasteiger partial charge >= 0.3 is 0 Å². The number of hydrogen-bond donors (Lipinski definition) is 2. The fourth-order valence-electron chi connectivity index (χ4n) is 2.93. The zero-order chi connectivity index (χ0) is 13.7. The molecule has 0 aromatic carbocycles. The van der Waals surface area contributed by atoms with E-state index in [0.29, 0.717) is 17.2 Å². The third kappa shape index (κ3) is 3.46. The lowest BCUT2D eigenvalue weighted by Crippen LogP contribution is -2.40. The van der Waals surface area contributed by atoms with Gasteiger partial charge in [-0.2, -0.15) is 0 Å². The molecule has 1 fully saturated rings. The first-order chi connectivity index (χ1) is 9.22. The van der Waals surface area contributed by atoms with Gasteiger partial charge in [0.25, 0.3) is 5.91 Å². The van der Waals surface area contributed by atoms with Crippen LogP contribution in [0.25, 0.3) is 0 Å². The summed E-state index contributed by atoms with van der Waals surface area (Å²) in [7, 11) is 0. The van der Waals surface area contributed by atoms with Gasteiger partial charge in [0.15, 0.2) is 0 Å². The molecule has 0 spiro atoms. The van der Waals surface area contributed by atoms with Gasteiger partial charge in [-0.15, -0.1) is 0 Å². The summed E-state index contributed by atoms with van der Waals surface area (Å²) in [6.07, 6.45) is 10.5. The Morgan fingerprint density at radius 1 is 1.47 bits per heavy atom. The fourth-order valence-corrected chi connectivity index (χ4v) is 2.93. The van der Waals surface area contributed by atoms with Crippen LogP contribution in [-0.2, 0) is 0 Å². The first-order valence-electron chi connectivity index (χ1n) is 7.22. The van der Waals surface area contributed by atoms with E-state index in [1.54, 1.807) is 12.3 Å². The normalized spacial score (nSPS) is 17.9. The molecule has 1 aromatic heterocycles. The molecule has 0 bridgehead atoms. The SMILES string of the molecule is CCC(NC(=O)c1cnccc1N)C1CCCCC1. The molecule has 4 nitrogen and oxygen atoms in total. The van der Waals surface area contributed by atoms with Gasteiger partial charge in [-0.1, -0.05) is 26.2 Å². The van der Waals surface area contributed by atoms with Crippen LogP contribution in [0.15, 0.2) is 18.5 Å². The van der Waals surface area contributed by atoms with Crippen LogP contribution >= 0.6 is 0 Å². The second-order valence-electron chi connectivity index (χ2n) is 5.35. The zero-order valence-corrected chi connectivity index (χ0v) is 11.6. The van der Waals surface area contributed by atoms with E-state index in [9.17, 15) is 4.79 Å². The molecule has 0 saturated heterocycles. The Morgan fingerprint density at radius 3 is 2.84 bits per heavy atom. The molecule has 1 heterocycles. The standard InChI is InChI=1S/C15H23N3O/c1-2-14(11-6-4-3-5-7-11)18-15(19)12-10-17-9-8-13(12)16/h8-11,14H,2-7H2,1H3,(H2,16,17)(H,18,19). The van der Waals surface area contributed by atoms with E-state index >= 15 is 0 Å². The Kier molecular flexibility index (Phi) is 4.77. The number of hydrogen-bond acceptors (Lipinski definition) is 3. The molecule has 1 unspecified atom stereocenters. The lowest BCUT2D eigenvalue weighted by atomic mass is 9.83. The minimum atomic E-state index is -0.0944. The average Bonchev–Trinajstić information content (AvgIpc) is 2.46. The molecule has 1 atom stereocenters. The highest BCUT2D eigenvalue weighted by molar-refractivity contribution is 5.98. The van der Waals surface area contributed by atoms with Crippen molar-refractivity contribution >= 4 is 11.6 Å². The summed E-state index contributed by atoms with van der Waals surface area (Å²) in [6.45, 7) is 2.13. The number of pyridine rings is 1. The zero-order valence-electron chi connectivity index (χ0n) is 11.6. The maximum Gasteiger partial charge on any atom is 0.255 e. The Bertz CT molecular complexity index is 427. The second kappa shape index (κ2) is 6.55. The van der Waals surface area contributed by atoms with Crippen molar-refractivity contribution in [1.82, 2.24) is 10.3 Å². The van der Waals surface area contributed by atoms with Crippen LogP contribution in [0.5, 0.6) is 0 Å². The van der Waals surface area contributed by atoms with Gasteiger partial charge in [-0.3, -0.25) is 9.78 Å². The largest absolute Gasteiger partial charge is 0.398 e. The van der Waals surface area contributed by atoms with Crippen LogP contribution in [-0.4, -0.2) is 16.9 Å². The summed E-state index contributed by atoms with van der Waals surface area (Å²) >= 11 is 0. The minimum absolute atomic E-state index is 0.0944.